The van der Waals surface area contributed by atoms with E-state index in [1.165, 1.54) is 11.8 Å². The smallest absolute Gasteiger partial charge is 0.255 e. The van der Waals surface area contributed by atoms with E-state index in [2.05, 4.69) is 10.3 Å². The van der Waals surface area contributed by atoms with Gasteiger partial charge in [-0.05, 0) is 29.8 Å². The summed E-state index contributed by atoms with van der Waals surface area (Å²) in [5.41, 5.74) is 2.36. The highest BCUT2D eigenvalue weighted by Gasteiger charge is 2.17. The van der Waals surface area contributed by atoms with Gasteiger partial charge in [0.2, 0.25) is 0 Å². The van der Waals surface area contributed by atoms with Gasteiger partial charge >= 0.3 is 0 Å². The second kappa shape index (κ2) is 9.57. The molecule has 4 nitrogen and oxygen atoms in total. The zero-order valence-electron chi connectivity index (χ0n) is 16.0. The van der Waals surface area contributed by atoms with Crippen molar-refractivity contribution in [1.82, 2.24) is 15.3 Å². The van der Waals surface area contributed by atoms with Crippen molar-refractivity contribution in [1.29, 1.82) is 0 Å². The monoisotopic (exact) mass is 431 g/mol. The van der Waals surface area contributed by atoms with Crippen LogP contribution in [-0.4, -0.2) is 15.9 Å². The third-order valence-electron chi connectivity index (χ3n) is 4.35. The van der Waals surface area contributed by atoms with Crippen molar-refractivity contribution in [2.45, 2.75) is 16.5 Å². The number of rotatable bonds is 6. The number of nitrogens with one attached hydrogen (secondary N) is 1. The van der Waals surface area contributed by atoms with Crippen LogP contribution in [0.1, 0.15) is 15.9 Å². The van der Waals surface area contributed by atoms with Crippen LogP contribution in [0, 0.1) is 0 Å². The molecule has 0 saturated carbocycles. The average molecular weight is 432 g/mol. The van der Waals surface area contributed by atoms with Gasteiger partial charge in [0.25, 0.3) is 5.91 Å². The summed E-state index contributed by atoms with van der Waals surface area (Å²) in [6, 6.07) is 26.9. The summed E-state index contributed by atoms with van der Waals surface area (Å²) < 4.78 is 0. The minimum Gasteiger partial charge on any atom is -0.348 e. The molecule has 1 aromatic heterocycles. The summed E-state index contributed by atoms with van der Waals surface area (Å²) in [5.74, 6) is 0.363. The fourth-order valence-corrected chi connectivity index (χ4v) is 3.82. The standard InChI is InChI=1S/C24H18ClN3OS/c25-19-11-13-20(14-12-19)30-24-21(23(29)27-15-17-7-3-1-4-8-17)16-26-22(28-24)18-9-5-2-6-10-18/h1-14,16H,15H2,(H,27,29). The summed E-state index contributed by atoms with van der Waals surface area (Å²) in [4.78, 5) is 23.0. The topological polar surface area (TPSA) is 54.9 Å². The number of nitrogens with zero attached hydrogens (tertiary/aromatic N) is 2. The van der Waals surface area contributed by atoms with Gasteiger partial charge in [0.15, 0.2) is 5.82 Å². The summed E-state index contributed by atoms with van der Waals surface area (Å²) in [5, 5.41) is 4.21. The molecule has 148 valence electrons. The molecule has 0 unspecified atom stereocenters. The molecule has 4 aromatic rings. The van der Waals surface area contributed by atoms with Crippen molar-refractivity contribution >= 4 is 29.3 Å². The second-order valence-corrected chi connectivity index (χ2v) is 8.00. The van der Waals surface area contributed by atoms with Gasteiger partial charge in [-0.15, -0.1) is 0 Å². The molecule has 6 heteroatoms. The first-order valence-electron chi connectivity index (χ1n) is 9.37. The Hall–Kier alpha value is -3.15. The highest BCUT2D eigenvalue weighted by atomic mass is 35.5. The SMILES string of the molecule is O=C(NCc1ccccc1)c1cnc(-c2ccccc2)nc1Sc1ccc(Cl)cc1. The van der Waals surface area contributed by atoms with Crippen molar-refractivity contribution in [3.8, 4) is 11.4 Å². The van der Waals surface area contributed by atoms with Crippen molar-refractivity contribution in [2.75, 3.05) is 0 Å². The first-order chi connectivity index (χ1) is 14.7. The van der Waals surface area contributed by atoms with Gasteiger partial charge in [-0.25, -0.2) is 9.97 Å². The van der Waals surface area contributed by atoms with Gasteiger partial charge in [-0.2, -0.15) is 0 Å². The normalized spacial score (nSPS) is 10.6. The number of carbonyl (C=O) groups is 1. The third-order valence-corrected chi connectivity index (χ3v) is 5.62. The summed E-state index contributed by atoms with van der Waals surface area (Å²) in [6.45, 7) is 0.436. The molecule has 0 saturated heterocycles. The lowest BCUT2D eigenvalue weighted by atomic mass is 10.2. The van der Waals surface area contributed by atoms with Gasteiger partial charge < -0.3 is 5.32 Å². The van der Waals surface area contributed by atoms with Gasteiger partial charge in [0.1, 0.15) is 5.03 Å². The quantitative estimate of drug-likeness (QED) is 0.387. The number of benzene rings is 3. The second-order valence-electron chi connectivity index (χ2n) is 6.50. The van der Waals surface area contributed by atoms with Crippen molar-refractivity contribution in [3.63, 3.8) is 0 Å². The van der Waals surface area contributed by atoms with Crippen LogP contribution in [0.5, 0.6) is 0 Å². The number of hydrogen-bond donors (Lipinski definition) is 1. The van der Waals surface area contributed by atoms with Crippen LogP contribution in [0.3, 0.4) is 0 Å². The Morgan fingerprint density at radius 2 is 1.57 bits per heavy atom. The summed E-state index contributed by atoms with van der Waals surface area (Å²) in [6.07, 6.45) is 1.59. The molecule has 1 heterocycles. The number of hydrogen-bond acceptors (Lipinski definition) is 4. The molecule has 1 N–H and O–H groups in total. The first-order valence-corrected chi connectivity index (χ1v) is 10.6. The molecule has 3 aromatic carbocycles. The largest absolute Gasteiger partial charge is 0.348 e. The zero-order valence-corrected chi connectivity index (χ0v) is 17.5. The van der Waals surface area contributed by atoms with Gasteiger partial charge in [0.05, 0.1) is 5.56 Å². The Morgan fingerprint density at radius 3 is 2.27 bits per heavy atom. The van der Waals surface area contributed by atoms with Gasteiger partial charge in [0, 0.05) is 28.2 Å². The van der Waals surface area contributed by atoms with Crippen LogP contribution in [-0.2, 0) is 6.54 Å². The van der Waals surface area contributed by atoms with Crippen LogP contribution in [0.2, 0.25) is 5.02 Å². The Morgan fingerprint density at radius 1 is 0.900 bits per heavy atom. The molecule has 0 spiro atoms. The molecule has 0 fully saturated rings. The summed E-state index contributed by atoms with van der Waals surface area (Å²) >= 11 is 7.41. The highest BCUT2D eigenvalue weighted by Crippen LogP contribution is 2.31. The molecule has 30 heavy (non-hydrogen) atoms. The molecule has 0 bridgehead atoms. The van der Waals surface area contributed by atoms with E-state index < -0.39 is 0 Å². The Labute approximate surface area is 184 Å². The maximum absolute atomic E-state index is 12.9. The van der Waals surface area contributed by atoms with Crippen LogP contribution >= 0.6 is 23.4 Å². The zero-order chi connectivity index (χ0) is 20.8. The molecule has 0 atom stereocenters. The molecule has 1 amide bonds. The van der Waals surface area contributed by atoms with Crippen LogP contribution in [0.15, 0.2) is 101 Å². The highest BCUT2D eigenvalue weighted by molar-refractivity contribution is 7.99. The molecule has 0 aliphatic rings. The Bertz CT molecular complexity index is 1140. The molecular weight excluding hydrogens is 414 g/mol. The lowest BCUT2D eigenvalue weighted by Crippen LogP contribution is -2.24. The van der Waals surface area contributed by atoms with E-state index in [1.807, 2.05) is 84.9 Å². The van der Waals surface area contributed by atoms with Crippen molar-refractivity contribution in [3.05, 3.63) is 107 Å². The number of carbonyl (C=O) groups excluding carboxylic acids is 1. The minimum absolute atomic E-state index is 0.213. The predicted molar refractivity (Wildman–Crippen MR) is 121 cm³/mol. The third kappa shape index (κ3) is 5.06. The van der Waals surface area contributed by atoms with E-state index in [0.717, 1.165) is 16.0 Å². The maximum Gasteiger partial charge on any atom is 0.255 e. The summed E-state index contributed by atoms with van der Waals surface area (Å²) in [7, 11) is 0. The van der Waals surface area contributed by atoms with Gasteiger partial charge in [-0.1, -0.05) is 84.0 Å². The average Bonchev–Trinajstić information content (AvgIpc) is 2.80. The molecule has 4 rings (SSSR count). The molecule has 0 aliphatic carbocycles. The van der Waals surface area contributed by atoms with Crippen molar-refractivity contribution in [2.24, 2.45) is 0 Å². The van der Waals surface area contributed by atoms with E-state index >= 15 is 0 Å². The van der Waals surface area contributed by atoms with E-state index in [1.54, 1.807) is 6.20 Å². The molecular formula is C24H18ClN3OS. The van der Waals surface area contributed by atoms with Crippen LogP contribution in [0.4, 0.5) is 0 Å². The van der Waals surface area contributed by atoms with Crippen LogP contribution in [0.25, 0.3) is 11.4 Å². The Kier molecular flexibility index (Phi) is 6.42. The molecule has 0 radical (unpaired) electrons. The Balaban J connectivity index is 1.63. The predicted octanol–water partition coefficient (Wildman–Crippen LogP) is 5.88. The van der Waals surface area contributed by atoms with E-state index in [4.69, 9.17) is 16.6 Å². The van der Waals surface area contributed by atoms with Crippen LogP contribution < -0.4 is 5.32 Å². The first kappa shape index (κ1) is 20.1. The fraction of sp³-hybridized carbons (Fsp3) is 0.0417. The van der Waals surface area contributed by atoms with E-state index in [0.29, 0.717) is 28.0 Å². The van der Waals surface area contributed by atoms with Gasteiger partial charge in [-0.3, -0.25) is 4.79 Å². The number of amides is 1. The lowest BCUT2D eigenvalue weighted by molar-refractivity contribution is 0.0947. The van der Waals surface area contributed by atoms with Crippen molar-refractivity contribution < 1.29 is 4.79 Å². The lowest BCUT2D eigenvalue weighted by Gasteiger charge is -2.11. The number of aromatic nitrogens is 2. The number of halogens is 1. The van der Waals surface area contributed by atoms with E-state index in [9.17, 15) is 4.79 Å². The molecule has 0 aliphatic heterocycles. The van der Waals surface area contributed by atoms with E-state index in [-0.39, 0.29) is 5.91 Å². The minimum atomic E-state index is -0.213. The fourth-order valence-electron chi connectivity index (χ4n) is 2.81. The maximum atomic E-state index is 12.9.